The number of carbonyl (C=O) groups is 2. The molecule has 0 aliphatic rings. The maximum absolute atomic E-state index is 13.6. The van der Waals surface area contributed by atoms with Gasteiger partial charge in [-0.15, -0.1) is 0 Å². The summed E-state index contributed by atoms with van der Waals surface area (Å²) in [7, 11) is 3.35. The Balaban J connectivity index is 1.62. The maximum Gasteiger partial charge on any atom is 0.515 e. The molecule has 0 radical (unpaired) electrons. The van der Waals surface area contributed by atoms with Crippen molar-refractivity contribution in [1.82, 2.24) is 14.5 Å². The molecule has 0 unspecified atom stereocenters. The summed E-state index contributed by atoms with van der Waals surface area (Å²) in [5, 5.41) is 1.49. The fraction of sp³-hybridized carbons (Fsp3) is 0.265. The van der Waals surface area contributed by atoms with Crippen LogP contribution in [0.3, 0.4) is 0 Å². The van der Waals surface area contributed by atoms with Crippen molar-refractivity contribution in [3.05, 3.63) is 102 Å². The van der Waals surface area contributed by atoms with Crippen LogP contribution in [0, 0.1) is 0 Å². The molecule has 222 valence electrons. The first-order valence-corrected chi connectivity index (χ1v) is 14.1. The zero-order chi connectivity index (χ0) is 30.3. The molecule has 5 aromatic rings. The van der Waals surface area contributed by atoms with Crippen molar-refractivity contribution in [2.75, 3.05) is 14.2 Å². The quantitative estimate of drug-likeness (QED) is 0.165. The van der Waals surface area contributed by atoms with Crippen LogP contribution in [0.1, 0.15) is 30.5 Å². The van der Waals surface area contributed by atoms with Gasteiger partial charge in [-0.25, -0.2) is 9.78 Å². The Labute approximate surface area is 250 Å². The summed E-state index contributed by atoms with van der Waals surface area (Å²) < 4.78 is 24.6. The van der Waals surface area contributed by atoms with Gasteiger partial charge in [0.1, 0.15) is 18.9 Å². The van der Waals surface area contributed by atoms with E-state index in [1.807, 2.05) is 83.4 Å². The number of benzene rings is 3. The van der Waals surface area contributed by atoms with Crippen LogP contribution in [0.4, 0.5) is 4.79 Å². The van der Waals surface area contributed by atoms with Crippen LogP contribution >= 0.6 is 0 Å². The number of amides is 1. The largest absolute Gasteiger partial charge is 0.515 e. The monoisotopic (exact) mass is 581 g/mol. The lowest BCUT2D eigenvalue weighted by atomic mass is 10.1. The molecule has 43 heavy (non-hydrogen) atoms. The number of methoxy groups -OCH3 is 1. The topological polar surface area (TPSA) is 92.1 Å². The van der Waals surface area contributed by atoms with E-state index in [-0.39, 0.29) is 31.0 Å². The molecule has 1 amide bonds. The molecule has 2 aromatic heterocycles. The third-order valence-corrected chi connectivity index (χ3v) is 6.98. The average Bonchev–Trinajstić information content (AvgIpc) is 3.31. The van der Waals surface area contributed by atoms with Gasteiger partial charge in [0.05, 0.1) is 40.9 Å². The number of fused-ring (bicyclic) bond motifs is 3. The number of likely N-dealkylation sites (N-methyl/N-ethyl adjacent to an activating group) is 1. The number of nitrogens with zero attached hydrogens (tertiary/aromatic N) is 3. The van der Waals surface area contributed by atoms with E-state index in [1.54, 1.807) is 39.1 Å². The minimum absolute atomic E-state index is 0.0647. The fourth-order valence-electron chi connectivity index (χ4n) is 5.02. The molecule has 0 aliphatic carbocycles. The SMILES string of the molecule is COCc1c(OC(=O)OC(C)C)ncc2c1c1c(OCc3ccccc3)cccc1n2CC(=O)N(C)Cc1ccccc1. The third kappa shape index (κ3) is 6.79. The molecule has 0 fully saturated rings. The molecule has 9 nitrogen and oxygen atoms in total. The van der Waals surface area contributed by atoms with Gasteiger partial charge in [-0.3, -0.25) is 4.79 Å². The molecule has 0 N–H and O–H groups in total. The van der Waals surface area contributed by atoms with Crippen molar-refractivity contribution >= 4 is 33.9 Å². The van der Waals surface area contributed by atoms with Crippen molar-refractivity contribution in [2.24, 2.45) is 0 Å². The van der Waals surface area contributed by atoms with Crippen LogP contribution in [0.2, 0.25) is 0 Å². The van der Waals surface area contributed by atoms with Gasteiger partial charge in [0.2, 0.25) is 11.8 Å². The molecule has 2 heterocycles. The van der Waals surface area contributed by atoms with Crippen LogP contribution in [0.5, 0.6) is 11.6 Å². The van der Waals surface area contributed by atoms with E-state index in [0.717, 1.165) is 27.4 Å². The summed E-state index contributed by atoms with van der Waals surface area (Å²) in [4.78, 5) is 32.2. The number of pyridine rings is 1. The Kier molecular flexibility index (Phi) is 9.22. The zero-order valence-electron chi connectivity index (χ0n) is 24.8. The molecule has 0 atom stereocenters. The Bertz CT molecular complexity index is 1720. The lowest BCUT2D eigenvalue weighted by Crippen LogP contribution is -2.29. The van der Waals surface area contributed by atoms with Gasteiger partial charge in [-0.2, -0.15) is 0 Å². The van der Waals surface area contributed by atoms with E-state index in [9.17, 15) is 9.59 Å². The number of hydrogen-bond donors (Lipinski definition) is 0. The van der Waals surface area contributed by atoms with E-state index in [4.69, 9.17) is 18.9 Å². The molecule has 0 saturated heterocycles. The van der Waals surface area contributed by atoms with Crippen LogP contribution in [0.15, 0.2) is 85.1 Å². The van der Waals surface area contributed by atoms with Crippen LogP contribution in [-0.4, -0.2) is 46.8 Å². The summed E-state index contributed by atoms with van der Waals surface area (Å²) in [6.07, 6.45) is 0.389. The van der Waals surface area contributed by atoms with Crippen LogP contribution < -0.4 is 9.47 Å². The highest BCUT2D eigenvalue weighted by Crippen LogP contribution is 2.40. The Morgan fingerprint density at radius 2 is 1.56 bits per heavy atom. The highest BCUT2D eigenvalue weighted by Gasteiger charge is 2.25. The molecule has 0 spiro atoms. The van der Waals surface area contributed by atoms with E-state index in [0.29, 0.717) is 30.0 Å². The Morgan fingerprint density at radius 3 is 2.23 bits per heavy atom. The third-order valence-electron chi connectivity index (χ3n) is 6.98. The van der Waals surface area contributed by atoms with Crippen LogP contribution in [-0.2, 0) is 40.6 Å². The molecular weight excluding hydrogens is 546 g/mol. The molecule has 5 rings (SSSR count). The summed E-state index contributed by atoms with van der Waals surface area (Å²) in [5.74, 6) is 0.617. The van der Waals surface area contributed by atoms with E-state index in [1.165, 1.54) is 0 Å². The zero-order valence-corrected chi connectivity index (χ0v) is 24.8. The van der Waals surface area contributed by atoms with Crippen molar-refractivity contribution in [3.8, 4) is 11.6 Å². The molecular formula is C34H35N3O6. The summed E-state index contributed by atoms with van der Waals surface area (Å²) >= 11 is 0. The van der Waals surface area contributed by atoms with Crippen molar-refractivity contribution in [2.45, 2.75) is 46.3 Å². The lowest BCUT2D eigenvalue weighted by molar-refractivity contribution is -0.130. The number of ether oxygens (including phenoxy) is 4. The number of rotatable bonds is 11. The Morgan fingerprint density at radius 1 is 0.860 bits per heavy atom. The first kappa shape index (κ1) is 29.6. The fourth-order valence-corrected chi connectivity index (χ4v) is 5.02. The van der Waals surface area contributed by atoms with E-state index < -0.39 is 6.16 Å². The predicted octanol–water partition coefficient (Wildman–Crippen LogP) is 6.50. The van der Waals surface area contributed by atoms with E-state index in [2.05, 4.69) is 4.98 Å². The molecule has 0 bridgehead atoms. The van der Waals surface area contributed by atoms with Crippen molar-refractivity contribution < 1.29 is 28.5 Å². The van der Waals surface area contributed by atoms with Gasteiger partial charge >= 0.3 is 6.16 Å². The number of aromatic nitrogens is 2. The van der Waals surface area contributed by atoms with Crippen molar-refractivity contribution in [1.29, 1.82) is 0 Å². The second-order valence-corrected chi connectivity index (χ2v) is 10.5. The van der Waals surface area contributed by atoms with Gasteiger partial charge in [-0.05, 0) is 37.1 Å². The molecule has 3 aromatic carbocycles. The first-order chi connectivity index (χ1) is 20.9. The minimum atomic E-state index is -0.860. The van der Waals surface area contributed by atoms with E-state index >= 15 is 0 Å². The van der Waals surface area contributed by atoms with Crippen LogP contribution in [0.25, 0.3) is 21.8 Å². The van der Waals surface area contributed by atoms with Gasteiger partial charge in [-0.1, -0.05) is 66.7 Å². The summed E-state index contributed by atoms with van der Waals surface area (Å²) in [5.41, 5.74) is 4.06. The highest BCUT2D eigenvalue weighted by molar-refractivity contribution is 6.13. The van der Waals surface area contributed by atoms with Crippen molar-refractivity contribution in [3.63, 3.8) is 0 Å². The first-order valence-electron chi connectivity index (χ1n) is 14.1. The second-order valence-electron chi connectivity index (χ2n) is 10.5. The van der Waals surface area contributed by atoms with Gasteiger partial charge in [0.15, 0.2) is 0 Å². The minimum Gasteiger partial charge on any atom is -0.488 e. The van der Waals surface area contributed by atoms with Gasteiger partial charge < -0.3 is 28.4 Å². The van der Waals surface area contributed by atoms with Gasteiger partial charge in [0, 0.05) is 26.1 Å². The molecule has 0 saturated carbocycles. The van der Waals surface area contributed by atoms with Gasteiger partial charge in [0.25, 0.3) is 0 Å². The lowest BCUT2D eigenvalue weighted by Gasteiger charge is -2.18. The number of hydrogen-bond acceptors (Lipinski definition) is 7. The normalized spacial score (nSPS) is 11.2. The Hall–Kier alpha value is -4.89. The summed E-state index contributed by atoms with van der Waals surface area (Å²) in [6, 6.07) is 25.5. The number of carbonyl (C=O) groups excluding carboxylic acids is 2. The standard InChI is InChI=1S/C34H35N3O6/c1-23(2)42-34(39)43-33-26(22-40-4)31-28(18-35-33)37(20-30(38)36(3)19-24-12-7-5-8-13-24)27-16-11-17-29(32(27)31)41-21-25-14-9-6-10-15-25/h5-18,23H,19-22H2,1-4H3. The predicted molar refractivity (Wildman–Crippen MR) is 164 cm³/mol. The molecule has 9 heteroatoms. The summed E-state index contributed by atoms with van der Waals surface area (Å²) in [6.45, 7) is 4.47. The smallest absolute Gasteiger partial charge is 0.488 e. The highest BCUT2D eigenvalue weighted by atomic mass is 16.7. The molecule has 0 aliphatic heterocycles. The maximum atomic E-state index is 13.6. The second kappa shape index (κ2) is 13.4. The average molecular weight is 582 g/mol.